The van der Waals surface area contributed by atoms with Gasteiger partial charge in [0.05, 0.1) is 28.2 Å². The van der Waals surface area contributed by atoms with Crippen LogP contribution in [0.1, 0.15) is 27.3 Å². The Morgan fingerprint density at radius 1 is 1.03 bits per heavy atom. The van der Waals surface area contributed by atoms with Crippen molar-refractivity contribution < 1.29 is 13.2 Å². The lowest BCUT2D eigenvalue weighted by molar-refractivity contribution is 0.102. The van der Waals surface area contributed by atoms with Crippen LogP contribution < -0.4 is 10.0 Å². The maximum Gasteiger partial charge on any atom is 0.255 e. The highest BCUT2D eigenvalue weighted by atomic mass is 32.2. The van der Waals surface area contributed by atoms with Crippen LogP contribution in [0.5, 0.6) is 0 Å². The number of aryl methyl sites for hydroxylation is 2. The van der Waals surface area contributed by atoms with E-state index in [4.69, 9.17) is 0 Å². The zero-order valence-corrected chi connectivity index (χ0v) is 17.1. The number of anilines is 1. The molecule has 1 amide bonds. The Kier molecular flexibility index (Phi) is 6.05. The summed E-state index contributed by atoms with van der Waals surface area (Å²) in [5.74, 6) is -0.420. The lowest BCUT2D eigenvalue weighted by Crippen LogP contribution is -2.25. The van der Waals surface area contributed by atoms with Crippen molar-refractivity contribution in [1.29, 1.82) is 0 Å². The predicted octanol–water partition coefficient (Wildman–Crippen LogP) is 3.10. The molecule has 150 valence electrons. The molecule has 0 fully saturated rings. The van der Waals surface area contributed by atoms with Crippen LogP contribution in [0.4, 0.5) is 5.69 Å². The number of fused-ring (bicyclic) bond motifs is 1. The number of hydrogen-bond donors (Lipinski definition) is 2. The number of nitrogens with one attached hydrogen (secondary N) is 2. The maximum absolute atomic E-state index is 12.6. The van der Waals surface area contributed by atoms with Gasteiger partial charge in [0.1, 0.15) is 0 Å². The predicted molar refractivity (Wildman–Crippen MR) is 114 cm³/mol. The Morgan fingerprint density at radius 3 is 2.34 bits per heavy atom. The monoisotopic (exact) mass is 410 g/mol. The number of carbonyl (C=O) groups is 1. The van der Waals surface area contributed by atoms with E-state index in [-0.39, 0.29) is 18.2 Å². The van der Waals surface area contributed by atoms with E-state index in [9.17, 15) is 13.2 Å². The molecule has 2 N–H and O–H groups in total. The highest BCUT2D eigenvalue weighted by molar-refractivity contribution is 7.88. The first-order chi connectivity index (χ1) is 13.8. The number of carbonyl (C=O) groups excluding carboxylic acids is 1. The summed E-state index contributed by atoms with van der Waals surface area (Å²) in [6, 6.07) is 11.9. The summed E-state index contributed by atoms with van der Waals surface area (Å²) in [6.07, 6.45) is 1.48. The summed E-state index contributed by atoms with van der Waals surface area (Å²) >= 11 is 0. The first-order valence-electron chi connectivity index (χ1n) is 9.01. The van der Waals surface area contributed by atoms with Crippen molar-refractivity contribution in [3.8, 4) is 0 Å². The van der Waals surface area contributed by atoms with Gasteiger partial charge in [-0.2, -0.15) is 0 Å². The summed E-state index contributed by atoms with van der Waals surface area (Å²) in [7, 11) is -3.42. The van der Waals surface area contributed by atoms with Crippen LogP contribution in [0, 0.1) is 13.8 Å². The Hall–Kier alpha value is -3.10. The number of amides is 1. The minimum Gasteiger partial charge on any atom is -0.322 e. The molecule has 0 atom stereocenters. The van der Waals surface area contributed by atoms with Gasteiger partial charge < -0.3 is 5.32 Å². The number of benzene rings is 2. The molecule has 0 saturated carbocycles. The van der Waals surface area contributed by atoms with Crippen molar-refractivity contribution in [3.05, 3.63) is 77.6 Å². The fourth-order valence-electron chi connectivity index (χ4n) is 2.72. The minimum atomic E-state index is -3.42. The normalized spacial score (nSPS) is 11.4. The molecule has 0 aliphatic heterocycles. The van der Waals surface area contributed by atoms with Gasteiger partial charge >= 0.3 is 0 Å². The van der Waals surface area contributed by atoms with E-state index in [0.717, 1.165) is 16.9 Å². The standard InChI is InChI=1S/C21H22N4O3S/c1-4-11-22-29(27,28)13-16-5-8-18(9-6-16)25-21(26)17-7-10-19-20(12-17)24-15(3)14(2)23-19/h4-10,12,22H,1,11,13H2,2-3H3,(H,25,26). The first kappa shape index (κ1) is 20.6. The number of sulfonamides is 1. The van der Waals surface area contributed by atoms with Gasteiger partial charge in [-0.05, 0) is 49.7 Å². The van der Waals surface area contributed by atoms with E-state index in [1.165, 1.54) is 6.08 Å². The van der Waals surface area contributed by atoms with Gasteiger partial charge in [-0.25, -0.2) is 23.1 Å². The molecule has 1 heterocycles. The molecule has 0 radical (unpaired) electrons. The zero-order valence-electron chi connectivity index (χ0n) is 16.3. The molecule has 2 aromatic carbocycles. The van der Waals surface area contributed by atoms with Crippen LogP contribution in [0.25, 0.3) is 11.0 Å². The molecule has 8 heteroatoms. The fourth-order valence-corrected chi connectivity index (χ4v) is 3.82. The Morgan fingerprint density at radius 2 is 1.69 bits per heavy atom. The van der Waals surface area contributed by atoms with Gasteiger partial charge in [0.2, 0.25) is 10.0 Å². The average molecular weight is 410 g/mol. The van der Waals surface area contributed by atoms with Crippen molar-refractivity contribution >= 4 is 32.7 Å². The van der Waals surface area contributed by atoms with Crippen LogP contribution in [-0.2, 0) is 15.8 Å². The Labute approximate surface area is 169 Å². The van der Waals surface area contributed by atoms with Gasteiger partial charge in [-0.1, -0.05) is 18.2 Å². The topological polar surface area (TPSA) is 101 Å². The molecule has 0 aliphatic rings. The third kappa shape index (κ3) is 5.24. The largest absolute Gasteiger partial charge is 0.322 e. The van der Waals surface area contributed by atoms with Gasteiger partial charge in [0.15, 0.2) is 0 Å². The van der Waals surface area contributed by atoms with E-state index in [1.54, 1.807) is 42.5 Å². The first-order valence-corrected chi connectivity index (χ1v) is 10.7. The second-order valence-electron chi connectivity index (χ2n) is 6.65. The molecule has 0 spiro atoms. The smallest absolute Gasteiger partial charge is 0.255 e. The summed E-state index contributed by atoms with van der Waals surface area (Å²) in [6.45, 7) is 7.45. The molecular weight excluding hydrogens is 388 g/mol. The third-order valence-corrected chi connectivity index (χ3v) is 5.67. The quantitative estimate of drug-likeness (QED) is 0.583. The van der Waals surface area contributed by atoms with E-state index < -0.39 is 10.0 Å². The zero-order chi connectivity index (χ0) is 21.0. The van der Waals surface area contributed by atoms with Gasteiger partial charge in [-0.15, -0.1) is 6.58 Å². The Balaban J connectivity index is 1.71. The van der Waals surface area contributed by atoms with Crippen LogP contribution in [0.2, 0.25) is 0 Å². The number of rotatable bonds is 7. The minimum absolute atomic E-state index is 0.142. The molecule has 29 heavy (non-hydrogen) atoms. The van der Waals surface area contributed by atoms with E-state index >= 15 is 0 Å². The number of nitrogens with zero attached hydrogens (tertiary/aromatic N) is 2. The lowest BCUT2D eigenvalue weighted by Gasteiger charge is -2.09. The van der Waals surface area contributed by atoms with E-state index in [1.807, 2.05) is 13.8 Å². The average Bonchev–Trinajstić information content (AvgIpc) is 2.68. The van der Waals surface area contributed by atoms with Gasteiger partial charge in [0.25, 0.3) is 5.91 Å². The second-order valence-corrected chi connectivity index (χ2v) is 8.45. The molecule has 0 aliphatic carbocycles. The van der Waals surface area contributed by atoms with Crippen LogP contribution in [-0.4, -0.2) is 30.8 Å². The molecular formula is C21H22N4O3S. The van der Waals surface area contributed by atoms with Crippen molar-refractivity contribution in [3.63, 3.8) is 0 Å². The van der Waals surface area contributed by atoms with Gasteiger partial charge in [0, 0.05) is 17.8 Å². The van der Waals surface area contributed by atoms with E-state index in [2.05, 4.69) is 26.6 Å². The molecule has 7 nitrogen and oxygen atoms in total. The molecule has 3 aromatic rings. The lowest BCUT2D eigenvalue weighted by atomic mass is 10.1. The third-order valence-electron chi connectivity index (χ3n) is 4.35. The van der Waals surface area contributed by atoms with Crippen LogP contribution in [0.15, 0.2) is 55.1 Å². The fraction of sp³-hybridized carbons (Fsp3) is 0.190. The van der Waals surface area contributed by atoms with Gasteiger partial charge in [-0.3, -0.25) is 4.79 Å². The maximum atomic E-state index is 12.6. The molecule has 3 rings (SSSR count). The van der Waals surface area contributed by atoms with Crippen molar-refractivity contribution in [1.82, 2.24) is 14.7 Å². The van der Waals surface area contributed by atoms with E-state index in [0.29, 0.717) is 22.3 Å². The summed E-state index contributed by atoms with van der Waals surface area (Å²) in [5.41, 5.74) is 4.73. The SMILES string of the molecule is C=CCNS(=O)(=O)Cc1ccc(NC(=O)c2ccc3nc(C)c(C)nc3c2)cc1. The summed E-state index contributed by atoms with van der Waals surface area (Å²) in [5, 5.41) is 2.81. The summed E-state index contributed by atoms with van der Waals surface area (Å²) < 4.78 is 26.3. The molecule has 0 unspecified atom stereocenters. The van der Waals surface area contributed by atoms with Crippen molar-refractivity contribution in [2.24, 2.45) is 0 Å². The van der Waals surface area contributed by atoms with Crippen molar-refractivity contribution in [2.45, 2.75) is 19.6 Å². The highest BCUT2D eigenvalue weighted by Crippen LogP contribution is 2.17. The molecule has 0 saturated heterocycles. The second kappa shape index (κ2) is 8.50. The van der Waals surface area contributed by atoms with Crippen LogP contribution in [0.3, 0.4) is 0 Å². The highest BCUT2D eigenvalue weighted by Gasteiger charge is 2.12. The molecule has 0 bridgehead atoms. The van der Waals surface area contributed by atoms with Crippen LogP contribution >= 0.6 is 0 Å². The summed E-state index contributed by atoms with van der Waals surface area (Å²) in [4.78, 5) is 21.5. The Bertz CT molecular complexity index is 1170. The van der Waals surface area contributed by atoms with Crippen molar-refractivity contribution in [2.75, 3.05) is 11.9 Å². The number of aromatic nitrogens is 2. The number of hydrogen-bond acceptors (Lipinski definition) is 5. The molecule has 1 aromatic heterocycles.